The molecule has 0 saturated carbocycles. The zero-order valence-electron chi connectivity index (χ0n) is 11.3. The molecule has 1 unspecified atom stereocenters. The maximum absolute atomic E-state index is 12.0. The Bertz CT molecular complexity index is 415. The highest BCUT2D eigenvalue weighted by Crippen LogP contribution is 2.23. The molecule has 0 bridgehead atoms. The van der Waals surface area contributed by atoms with E-state index >= 15 is 0 Å². The maximum atomic E-state index is 12.0. The number of hydrogen-bond acceptors (Lipinski definition) is 2. The van der Waals surface area contributed by atoms with Crippen LogP contribution in [0.4, 0.5) is 13.2 Å². The average Bonchev–Trinajstić information content (AvgIpc) is 2.54. The molecule has 0 aliphatic heterocycles. The van der Waals surface area contributed by atoms with Gasteiger partial charge in [0.2, 0.25) is 0 Å². The Labute approximate surface area is 116 Å². The molecule has 0 aromatic carbocycles. The predicted octanol–water partition coefficient (Wildman–Crippen LogP) is 2.97. The van der Waals surface area contributed by atoms with E-state index in [0.717, 1.165) is 17.8 Å². The fourth-order valence-corrected chi connectivity index (χ4v) is 2.27. The largest absolute Gasteiger partial charge is 0.401 e. The lowest BCUT2D eigenvalue weighted by Crippen LogP contribution is -2.32. The fraction of sp³-hybridized carbons (Fsp3) is 0.750. The van der Waals surface area contributed by atoms with E-state index in [0.29, 0.717) is 18.0 Å². The molecule has 1 atom stereocenters. The van der Waals surface area contributed by atoms with E-state index in [9.17, 15) is 13.2 Å². The van der Waals surface area contributed by atoms with Gasteiger partial charge in [-0.05, 0) is 25.3 Å². The SMILES string of the molecule is CCc1nn(C)c(CC(C)CNCC(F)(F)F)c1Cl. The van der Waals surface area contributed by atoms with Gasteiger partial charge >= 0.3 is 6.18 Å². The first-order chi connectivity index (χ1) is 8.74. The Morgan fingerprint density at radius 3 is 2.53 bits per heavy atom. The van der Waals surface area contributed by atoms with Crippen LogP contribution in [-0.4, -0.2) is 29.0 Å². The summed E-state index contributed by atoms with van der Waals surface area (Å²) in [6, 6.07) is 0. The quantitative estimate of drug-likeness (QED) is 0.875. The number of aromatic nitrogens is 2. The van der Waals surface area contributed by atoms with Crippen LogP contribution in [0.3, 0.4) is 0 Å². The normalized spacial score (nSPS) is 13.8. The number of nitrogens with zero attached hydrogens (tertiary/aromatic N) is 2. The van der Waals surface area contributed by atoms with Gasteiger partial charge in [0.05, 0.1) is 23.0 Å². The molecule has 3 nitrogen and oxygen atoms in total. The van der Waals surface area contributed by atoms with E-state index in [1.807, 2.05) is 13.8 Å². The number of halogens is 4. The summed E-state index contributed by atoms with van der Waals surface area (Å²) >= 11 is 6.20. The first kappa shape index (κ1) is 16.3. The zero-order chi connectivity index (χ0) is 14.6. The highest BCUT2D eigenvalue weighted by Gasteiger charge is 2.26. The second-order valence-electron chi connectivity index (χ2n) is 4.74. The van der Waals surface area contributed by atoms with Crippen LogP contribution in [0.2, 0.25) is 5.02 Å². The Morgan fingerprint density at radius 1 is 1.42 bits per heavy atom. The van der Waals surface area contributed by atoms with Crippen LogP contribution in [0.25, 0.3) is 0 Å². The second kappa shape index (κ2) is 6.61. The Kier molecular flexibility index (Phi) is 5.67. The molecule has 110 valence electrons. The summed E-state index contributed by atoms with van der Waals surface area (Å²) in [4.78, 5) is 0. The lowest BCUT2D eigenvalue weighted by molar-refractivity contribution is -0.125. The predicted molar refractivity (Wildman–Crippen MR) is 69.4 cm³/mol. The smallest absolute Gasteiger partial charge is 0.308 e. The van der Waals surface area contributed by atoms with Crippen LogP contribution in [0.15, 0.2) is 0 Å². The highest BCUT2D eigenvalue weighted by molar-refractivity contribution is 6.31. The summed E-state index contributed by atoms with van der Waals surface area (Å²) in [5, 5.41) is 7.32. The number of hydrogen-bond donors (Lipinski definition) is 1. The molecule has 0 aliphatic rings. The molecule has 1 heterocycles. The van der Waals surface area contributed by atoms with Crippen molar-refractivity contribution < 1.29 is 13.2 Å². The van der Waals surface area contributed by atoms with Gasteiger partial charge in [0, 0.05) is 7.05 Å². The summed E-state index contributed by atoms with van der Waals surface area (Å²) in [5.74, 6) is 0.0555. The standard InChI is InChI=1S/C12H19ClF3N3/c1-4-9-11(13)10(19(3)18-9)5-8(2)6-17-7-12(14,15)16/h8,17H,4-7H2,1-3H3. The molecule has 1 rings (SSSR count). The van der Waals surface area contributed by atoms with Gasteiger partial charge < -0.3 is 5.32 Å². The summed E-state index contributed by atoms with van der Waals surface area (Å²) in [7, 11) is 1.80. The molecule has 7 heteroatoms. The number of aryl methyl sites for hydroxylation is 2. The first-order valence-corrected chi connectivity index (χ1v) is 6.60. The molecule has 1 aromatic rings. The van der Waals surface area contributed by atoms with Gasteiger partial charge in [-0.1, -0.05) is 25.4 Å². The van der Waals surface area contributed by atoms with Crippen molar-refractivity contribution >= 4 is 11.6 Å². The molecule has 0 aliphatic carbocycles. The minimum atomic E-state index is -4.17. The van der Waals surface area contributed by atoms with E-state index < -0.39 is 12.7 Å². The van der Waals surface area contributed by atoms with Crippen LogP contribution in [-0.2, 0) is 19.9 Å². The van der Waals surface area contributed by atoms with E-state index in [4.69, 9.17) is 11.6 Å². The molecule has 1 aromatic heterocycles. The molecule has 0 radical (unpaired) electrons. The second-order valence-corrected chi connectivity index (χ2v) is 5.12. The first-order valence-electron chi connectivity index (χ1n) is 6.22. The van der Waals surface area contributed by atoms with Gasteiger partial charge in [0.1, 0.15) is 0 Å². The van der Waals surface area contributed by atoms with Crippen LogP contribution in [0.5, 0.6) is 0 Å². The minimum Gasteiger partial charge on any atom is -0.308 e. The topological polar surface area (TPSA) is 29.9 Å². The average molecular weight is 298 g/mol. The van der Waals surface area contributed by atoms with Crippen LogP contribution < -0.4 is 5.32 Å². The third-order valence-corrected chi connectivity index (χ3v) is 3.30. The molecular formula is C12H19ClF3N3. The van der Waals surface area contributed by atoms with Crippen LogP contribution >= 0.6 is 11.6 Å². The lowest BCUT2D eigenvalue weighted by atomic mass is 10.1. The molecule has 0 fully saturated rings. The van der Waals surface area contributed by atoms with Crippen LogP contribution in [0.1, 0.15) is 25.2 Å². The van der Waals surface area contributed by atoms with Gasteiger partial charge in [-0.3, -0.25) is 4.68 Å². The summed E-state index contributed by atoms with van der Waals surface area (Å²) in [6.07, 6.45) is -2.82. The summed E-state index contributed by atoms with van der Waals surface area (Å²) in [6.45, 7) is 3.18. The highest BCUT2D eigenvalue weighted by atomic mass is 35.5. The third kappa shape index (κ3) is 5.03. The van der Waals surface area contributed by atoms with Crippen molar-refractivity contribution in [1.29, 1.82) is 0 Å². The van der Waals surface area contributed by atoms with Gasteiger partial charge in [-0.15, -0.1) is 0 Å². The number of nitrogens with one attached hydrogen (secondary N) is 1. The van der Waals surface area contributed by atoms with Crippen molar-refractivity contribution in [2.24, 2.45) is 13.0 Å². The van der Waals surface area contributed by atoms with Crippen molar-refractivity contribution in [3.05, 3.63) is 16.4 Å². The number of alkyl halides is 3. The molecule has 0 saturated heterocycles. The molecule has 19 heavy (non-hydrogen) atoms. The Hall–Kier alpha value is -0.750. The Balaban J connectivity index is 2.53. The van der Waals surface area contributed by atoms with Crippen LogP contribution in [0, 0.1) is 5.92 Å². The maximum Gasteiger partial charge on any atom is 0.401 e. The van der Waals surface area contributed by atoms with Gasteiger partial charge in [0.15, 0.2) is 0 Å². The molecule has 0 amide bonds. The van der Waals surface area contributed by atoms with Gasteiger partial charge in [-0.25, -0.2) is 0 Å². The minimum absolute atomic E-state index is 0.0555. The van der Waals surface area contributed by atoms with Gasteiger partial charge in [-0.2, -0.15) is 18.3 Å². The van der Waals surface area contributed by atoms with E-state index in [1.54, 1.807) is 11.7 Å². The van der Waals surface area contributed by atoms with Crippen molar-refractivity contribution in [3.8, 4) is 0 Å². The van der Waals surface area contributed by atoms with E-state index in [-0.39, 0.29) is 5.92 Å². The summed E-state index contributed by atoms with van der Waals surface area (Å²) in [5.41, 5.74) is 1.70. The van der Waals surface area contributed by atoms with E-state index in [1.165, 1.54) is 0 Å². The number of rotatable bonds is 6. The van der Waals surface area contributed by atoms with Crippen molar-refractivity contribution in [3.63, 3.8) is 0 Å². The molecule has 1 N–H and O–H groups in total. The van der Waals surface area contributed by atoms with Crippen molar-refractivity contribution in [2.45, 2.75) is 32.9 Å². The summed E-state index contributed by atoms with van der Waals surface area (Å²) < 4.78 is 37.7. The molecule has 0 spiro atoms. The zero-order valence-corrected chi connectivity index (χ0v) is 12.1. The van der Waals surface area contributed by atoms with E-state index in [2.05, 4.69) is 10.4 Å². The van der Waals surface area contributed by atoms with Gasteiger partial charge in [0.25, 0.3) is 0 Å². The third-order valence-electron chi connectivity index (χ3n) is 2.86. The Morgan fingerprint density at radius 2 is 2.05 bits per heavy atom. The fourth-order valence-electron chi connectivity index (χ4n) is 1.90. The molecular weight excluding hydrogens is 279 g/mol. The van der Waals surface area contributed by atoms with Crippen molar-refractivity contribution in [1.82, 2.24) is 15.1 Å². The lowest BCUT2D eigenvalue weighted by Gasteiger charge is -2.14. The van der Waals surface area contributed by atoms with Crippen molar-refractivity contribution in [2.75, 3.05) is 13.1 Å². The monoisotopic (exact) mass is 297 g/mol.